The number of nitrogens with zero attached hydrogens (tertiary/aromatic N) is 1. The van der Waals surface area contributed by atoms with E-state index >= 15 is 0 Å². The molecular formula is C22H33NO4S2. The van der Waals surface area contributed by atoms with Gasteiger partial charge in [0.05, 0.1) is 0 Å². The fraction of sp³-hybridized carbons (Fsp3) is 0.545. The highest BCUT2D eigenvalue weighted by Gasteiger charge is 2.33. The Morgan fingerprint density at radius 2 is 1.62 bits per heavy atom. The summed E-state index contributed by atoms with van der Waals surface area (Å²) in [6.45, 7) is 17.5. The van der Waals surface area contributed by atoms with Crippen LogP contribution in [-0.2, 0) is 22.0 Å². The Hall–Kier alpha value is -1.60. The molecule has 29 heavy (non-hydrogen) atoms. The highest BCUT2D eigenvalue weighted by atomic mass is 32.2. The number of amides is 1. The number of carbonyl (C=O) groups excluding carboxylic acids is 2. The molecule has 0 saturated carbocycles. The quantitative estimate of drug-likeness (QED) is 0.225. The molecule has 0 bridgehead atoms. The standard InChI is InChI=1S/C22H33NO4S2/c1-11-12-15-17(27-20(25)23(28-9)29-10)13-16(21(3,4)5)19(26-14(2)24)18(15)22(6,7)8/h11,13H,1,12H2,2-10H3. The predicted molar refractivity (Wildman–Crippen MR) is 124 cm³/mol. The zero-order chi connectivity index (χ0) is 22.6. The molecule has 0 N–H and O–H groups in total. The van der Waals surface area contributed by atoms with Crippen molar-refractivity contribution >= 4 is 36.0 Å². The van der Waals surface area contributed by atoms with Crippen molar-refractivity contribution in [1.82, 2.24) is 3.71 Å². The molecule has 162 valence electrons. The summed E-state index contributed by atoms with van der Waals surface area (Å²) in [6.07, 6.45) is 5.40. The number of hydrogen-bond acceptors (Lipinski definition) is 6. The SMILES string of the molecule is C=CCc1c(OC(=O)N(SC)SC)cc(C(C)(C)C)c(OC(C)=O)c1C(C)(C)C. The van der Waals surface area contributed by atoms with Crippen LogP contribution < -0.4 is 9.47 Å². The van der Waals surface area contributed by atoms with Crippen LogP contribution in [-0.4, -0.2) is 28.3 Å². The molecule has 0 aliphatic rings. The van der Waals surface area contributed by atoms with Gasteiger partial charge < -0.3 is 9.47 Å². The molecule has 1 aromatic rings. The third-order valence-electron chi connectivity index (χ3n) is 4.18. The molecule has 7 heteroatoms. The van der Waals surface area contributed by atoms with Crippen LogP contribution >= 0.6 is 23.9 Å². The molecule has 0 spiro atoms. The van der Waals surface area contributed by atoms with Crippen LogP contribution in [0.3, 0.4) is 0 Å². The molecule has 0 radical (unpaired) electrons. The molecule has 0 atom stereocenters. The molecular weight excluding hydrogens is 406 g/mol. The van der Waals surface area contributed by atoms with Crippen molar-refractivity contribution in [3.05, 3.63) is 35.4 Å². The van der Waals surface area contributed by atoms with Crippen LogP contribution in [0.2, 0.25) is 0 Å². The lowest BCUT2D eigenvalue weighted by Crippen LogP contribution is -2.26. The van der Waals surface area contributed by atoms with Crippen molar-refractivity contribution < 1.29 is 19.1 Å². The van der Waals surface area contributed by atoms with E-state index in [-0.39, 0.29) is 16.8 Å². The summed E-state index contributed by atoms with van der Waals surface area (Å²) < 4.78 is 13.0. The van der Waals surface area contributed by atoms with Gasteiger partial charge in [-0.1, -0.05) is 47.6 Å². The fourth-order valence-corrected chi connectivity index (χ4v) is 4.04. The number of benzene rings is 1. The number of hydrogen-bond donors (Lipinski definition) is 0. The zero-order valence-electron chi connectivity index (χ0n) is 19.0. The molecule has 0 saturated heterocycles. The Morgan fingerprint density at radius 1 is 1.07 bits per heavy atom. The Balaban J connectivity index is 3.91. The largest absolute Gasteiger partial charge is 0.435 e. The van der Waals surface area contributed by atoms with Gasteiger partial charge in [-0.05, 0) is 47.2 Å². The zero-order valence-corrected chi connectivity index (χ0v) is 20.6. The monoisotopic (exact) mass is 439 g/mol. The van der Waals surface area contributed by atoms with E-state index in [1.165, 1.54) is 34.5 Å². The minimum absolute atomic E-state index is 0.336. The van der Waals surface area contributed by atoms with Gasteiger partial charge in [0.25, 0.3) is 0 Å². The number of esters is 1. The minimum Gasteiger partial charge on any atom is -0.426 e. The first-order chi connectivity index (χ1) is 13.3. The van der Waals surface area contributed by atoms with Crippen LogP contribution in [0.1, 0.15) is 65.2 Å². The number of ether oxygens (including phenoxy) is 2. The van der Waals surface area contributed by atoms with Crippen LogP contribution in [0.4, 0.5) is 4.79 Å². The first-order valence-electron chi connectivity index (χ1n) is 9.38. The summed E-state index contributed by atoms with van der Waals surface area (Å²) in [5.41, 5.74) is 1.77. The smallest absolute Gasteiger partial charge is 0.426 e. The predicted octanol–water partition coefficient (Wildman–Crippen LogP) is 6.29. The van der Waals surface area contributed by atoms with Gasteiger partial charge in [-0.25, -0.2) is 4.79 Å². The van der Waals surface area contributed by atoms with Crippen LogP contribution in [0.15, 0.2) is 18.7 Å². The third-order valence-corrected chi connectivity index (χ3v) is 6.03. The van der Waals surface area contributed by atoms with Crippen molar-refractivity contribution in [3.63, 3.8) is 0 Å². The van der Waals surface area contributed by atoms with Gasteiger partial charge in [0.15, 0.2) is 0 Å². The number of allylic oxidation sites excluding steroid dienone is 1. The Morgan fingerprint density at radius 3 is 2.00 bits per heavy atom. The second-order valence-corrected chi connectivity index (χ2v) is 10.4. The van der Waals surface area contributed by atoms with Crippen LogP contribution in [0, 0.1) is 0 Å². The molecule has 1 amide bonds. The second-order valence-electron chi connectivity index (χ2n) is 8.68. The summed E-state index contributed by atoms with van der Waals surface area (Å²) in [6, 6.07) is 1.82. The lowest BCUT2D eigenvalue weighted by atomic mass is 9.76. The number of carbonyl (C=O) groups is 2. The minimum atomic E-state index is -0.463. The summed E-state index contributed by atoms with van der Waals surface area (Å²) in [5.74, 6) is 0.626. The maximum atomic E-state index is 12.7. The molecule has 1 rings (SSSR count). The van der Waals surface area contributed by atoms with Crippen molar-refractivity contribution in [2.45, 2.75) is 65.7 Å². The van der Waals surface area contributed by atoms with E-state index in [1.807, 2.05) is 39.3 Å². The first kappa shape index (κ1) is 25.4. The van der Waals surface area contributed by atoms with Crippen molar-refractivity contribution in [1.29, 1.82) is 0 Å². The summed E-state index contributed by atoms with van der Waals surface area (Å²) in [4.78, 5) is 24.6. The van der Waals surface area contributed by atoms with Gasteiger partial charge >= 0.3 is 12.1 Å². The van der Waals surface area contributed by atoms with Gasteiger partial charge in [-0.15, -0.1) is 6.58 Å². The fourth-order valence-electron chi connectivity index (χ4n) is 3.07. The molecule has 0 aliphatic heterocycles. The van der Waals surface area contributed by atoms with Gasteiger partial charge in [0, 0.05) is 36.1 Å². The van der Waals surface area contributed by atoms with E-state index in [0.717, 1.165) is 16.7 Å². The lowest BCUT2D eigenvalue weighted by Gasteiger charge is -2.32. The van der Waals surface area contributed by atoms with Gasteiger partial charge in [-0.3, -0.25) is 4.79 Å². The normalized spacial score (nSPS) is 11.8. The van der Waals surface area contributed by atoms with Gasteiger partial charge in [0.1, 0.15) is 11.5 Å². The molecule has 0 aliphatic carbocycles. The maximum Gasteiger partial charge on any atom is 0.435 e. The molecule has 0 heterocycles. The summed E-state index contributed by atoms with van der Waals surface area (Å²) in [5, 5.41) is 0. The average Bonchev–Trinajstić information content (AvgIpc) is 2.55. The molecule has 5 nitrogen and oxygen atoms in total. The van der Waals surface area contributed by atoms with Gasteiger partial charge in [0.2, 0.25) is 0 Å². The topological polar surface area (TPSA) is 55.8 Å². The summed E-state index contributed by atoms with van der Waals surface area (Å²) in [7, 11) is 0. The Labute approximate surface area is 183 Å². The lowest BCUT2D eigenvalue weighted by molar-refractivity contribution is -0.132. The number of rotatable bonds is 6. The van der Waals surface area contributed by atoms with E-state index in [1.54, 1.807) is 6.08 Å². The van der Waals surface area contributed by atoms with Crippen molar-refractivity contribution in [3.8, 4) is 11.5 Å². The molecule has 1 aromatic carbocycles. The van der Waals surface area contributed by atoms with E-state index < -0.39 is 6.09 Å². The van der Waals surface area contributed by atoms with E-state index in [4.69, 9.17) is 9.47 Å². The maximum absolute atomic E-state index is 12.7. The van der Waals surface area contributed by atoms with Crippen LogP contribution in [0.5, 0.6) is 11.5 Å². The molecule has 0 fully saturated rings. The third kappa shape index (κ3) is 6.44. The Kier molecular flexibility index (Phi) is 8.72. The van der Waals surface area contributed by atoms with E-state index in [9.17, 15) is 9.59 Å². The second kappa shape index (κ2) is 9.94. The Bertz CT molecular complexity index is 772. The van der Waals surface area contributed by atoms with Crippen molar-refractivity contribution in [2.24, 2.45) is 0 Å². The highest BCUT2D eigenvalue weighted by molar-refractivity contribution is 8.12. The van der Waals surface area contributed by atoms with Crippen LogP contribution in [0.25, 0.3) is 0 Å². The summed E-state index contributed by atoms with van der Waals surface area (Å²) >= 11 is 2.56. The highest BCUT2D eigenvalue weighted by Crippen LogP contribution is 2.46. The molecule has 0 aromatic heterocycles. The first-order valence-corrected chi connectivity index (χ1v) is 11.7. The molecule has 0 unspecified atom stereocenters. The van der Waals surface area contributed by atoms with E-state index in [2.05, 4.69) is 27.4 Å². The van der Waals surface area contributed by atoms with Crippen molar-refractivity contribution in [2.75, 3.05) is 12.5 Å². The van der Waals surface area contributed by atoms with Gasteiger partial charge in [-0.2, -0.15) is 3.71 Å². The van der Waals surface area contributed by atoms with E-state index in [0.29, 0.717) is 17.9 Å². The average molecular weight is 440 g/mol.